The Balaban J connectivity index is 2.48. The van der Waals surface area contributed by atoms with E-state index in [1.165, 1.54) is 6.08 Å². The summed E-state index contributed by atoms with van der Waals surface area (Å²) in [6, 6.07) is 1.92. The van der Waals surface area contributed by atoms with Gasteiger partial charge in [-0.25, -0.2) is 9.97 Å². The van der Waals surface area contributed by atoms with Crippen molar-refractivity contribution in [2.75, 3.05) is 6.54 Å². The summed E-state index contributed by atoms with van der Waals surface area (Å²) in [6.45, 7) is 10.3. The molecule has 0 bridgehead atoms. The summed E-state index contributed by atoms with van der Waals surface area (Å²) in [5.41, 5.74) is 0.982. The molecule has 0 radical (unpaired) electrons. The molecule has 0 spiro atoms. The molecule has 1 aromatic heterocycles. The Morgan fingerprint density at radius 3 is 2.83 bits per heavy atom. The molecule has 0 saturated carbocycles. The smallest absolute Gasteiger partial charge is 0.243 e. The Morgan fingerprint density at radius 1 is 1.50 bits per heavy atom. The number of amides is 1. The third kappa shape index (κ3) is 4.65. The maximum Gasteiger partial charge on any atom is 0.243 e. The van der Waals surface area contributed by atoms with Crippen molar-refractivity contribution in [2.45, 2.75) is 39.0 Å². The lowest BCUT2D eigenvalue weighted by Gasteiger charge is -2.16. The SMILES string of the molecule is C=CC(=O)NCCCc1ccnc(C(C)(C)C)n1. The fourth-order valence-electron chi connectivity index (χ4n) is 1.45. The average molecular weight is 247 g/mol. The summed E-state index contributed by atoms with van der Waals surface area (Å²) in [7, 11) is 0. The minimum atomic E-state index is -0.131. The molecule has 0 saturated heterocycles. The molecule has 1 rings (SSSR count). The minimum Gasteiger partial charge on any atom is -0.353 e. The quantitative estimate of drug-likeness (QED) is 0.639. The first-order valence-electron chi connectivity index (χ1n) is 6.16. The highest BCUT2D eigenvalue weighted by Crippen LogP contribution is 2.17. The number of aryl methyl sites for hydroxylation is 1. The number of hydrogen-bond donors (Lipinski definition) is 1. The first-order valence-corrected chi connectivity index (χ1v) is 6.16. The third-order valence-electron chi connectivity index (χ3n) is 2.48. The van der Waals surface area contributed by atoms with Crippen LogP contribution in [0.15, 0.2) is 24.9 Å². The van der Waals surface area contributed by atoms with Crippen molar-refractivity contribution in [3.63, 3.8) is 0 Å². The lowest BCUT2D eigenvalue weighted by atomic mass is 9.95. The monoisotopic (exact) mass is 247 g/mol. The summed E-state index contributed by atoms with van der Waals surface area (Å²) in [5.74, 6) is 0.725. The van der Waals surface area contributed by atoms with Crippen molar-refractivity contribution < 1.29 is 4.79 Å². The van der Waals surface area contributed by atoms with Crippen LogP contribution in [-0.2, 0) is 16.6 Å². The van der Waals surface area contributed by atoms with Crippen LogP contribution in [0.3, 0.4) is 0 Å². The molecular weight excluding hydrogens is 226 g/mol. The zero-order valence-corrected chi connectivity index (χ0v) is 11.4. The Kier molecular flexibility index (Phi) is 5.01. The topological polar surface area (TPSA) is 54.9 Å². The van der Waals surface area contributed by atoms with Gasteiger partial charge in [-0.15, -0.1) is 0 Å². The van der Waals surface area contributed by atoms with Gasteiger partial charge in [-0.05, 0) is 25.0 Å². The van der Waals surface area contributed by atoms with E-state index >= 15 is 0 Å². The van der Waals surface area contributed by atoms with E-state index in [1.807, 2.05) is 6.07 Å². The molecular formula is C14H21N3O. The number of hydrogen-bond acceptors (Lipinski definition) is 3. The van der Waals surface area contributed by atoms with Gasteiger partial charge in [0.15, 0.2) is 0 Å². The van der Waals surface area contributed by atoms with Crippen molar-refractivity contribution in [1.82, 2.24) is 15.3 Å². The molecule has 0 aromatic carbocycles. The van der Waals surface area contributed by atoms with Crippen LogP contribution in [0, 0.1) is 0 Å². The van der Waals surface area contributed by atoms with Crippen LogP contribution < -0.4 is 5.32 Å². The molecule has 0 aliphatic heterocycles. The molecule has 0 unspecified atom stereocenters. The van der Waals surface area contributed by atoms with Crippen molar-refractivity contribution >= 4 is 5.91 Å². The molecule has 0 aliphatic carbocycles. The molecule has 0 atom stereocenters. The molecule has 0 aliphatic rings. The molecule has 98 valence electrons. The second-order valence-corrected chi connectivity index (χ2v) is 5.22. The molecule has 1 aromatic rings. The fourth-order valence-corrected chi connectivity index (χ4v) is 1.45. The van der Waals surface area contributed by atoms with Crippen LogP contribution >= 0.6 is 0 Å². The van der Waals surface area contributed by atoms with E-state index < -0.39 is 0 Å². The van der Waals surface area contributed by atoms with Gasteiger partial charge in [0.05, 0.1) is 0 Å². The van der Waals surface area contributed by atoms with Crippen molar-refractivity contribution in [3.05, 3.63) is 36.4 Å². The van der Waals surface area contributed by atoms with Gasteiger partial charge in [0.2, 0.25) is 5.91 Å². The lowest BCUT2D eigenvalue weighted by molar-refractivity contribution is -0.116. The standard InChI is InChI=1S/C14H21N3O/c1-5-12(18)15-9-6-7-11-8-10-16-13(17-11)14(2,3)4/h5,8,10H,1,6-7,9H2,2-4H3,(H,15,18). The number of nitrogens with one attached hydrogen (secondary N) is 1. The van der Waals surface area contributed by atoms with Gasteiger partial charge in [-0.2, -0.15) is 0 Å². The van der Waals surface area contributed by atoms with Gasteiger partial charge in [0.1, 0.15) is 5.82 Å². The van der Waals surface area contributed by atoms with E-state index in [2.05, 4.69) is 42.6 Å². The Morgan fingerprint density at radius 2 is 2.22 bits per heavy atom. The average Bonchev–Trinajstić information content (AvgIpc) is 2.33. The first-order chi connectivity index (χ1) is 8.43. The molecule has 18 heavy (non-hydrogen) atoms. The number of carbonyl (C=O) groups is 1. The van der Waals surface area contributed by atoms with E-state index in [0.29, 0.717) is 6.54 Å². The van der Waals surface area contributed by atoms with Crippen LogP contribution in [-0.4, -0.2) is 22.4 Å². The van der Waals surface area contributed by atoms with E-state index in [9.17, 15) is 4.79 Å². The van der Waals surface area contributed by atoms with Gasteiger partial charge >= 0.3 is 0 Å². The fraction of sp³-hybridized carbons (Fsp3) is 0.500. The maximum atomic E-state index is 11.0. The number of nitrogens with zero attached hydrogens (tertiary/aromatic N) is 2. The number of rotatable bonds is 5. The molecule has 0 fully saturated rings. The molecule has 4 nitrogen and oxygen atoms in total. The van der Waals surface area contributed by atoms with Gasteiger partial charge < -0.3 is 5.32 Å². The molecule has 1 amide bonds. The van der Waals surface area contributed by atoms with E-state index in [-0.39, 0.29) is 11.3 Å². The van der Waals surface area contributed by atoms with Crippen molar-refractivity contribution in [1.29, 1.82) is 0 Å². The van der Waals surface area contributed by atoms with E-state index in [1.54, 1.807) is 6.20 Å². The highest BCUT2D eigenvalue weighted by atomic mass is 16.1. The minimum absolute atomic E-state index is 0.0347. The molecule has 1 heterocycles. The number of aromatic nitrogens is 2. The summed E-state index contributed by atoms with van der Waals surface area (Å²) < 4.78 is 0. The van der Waals surface area contributed by atoms with Crippen LogP contribution in [0.4, 0.5) is 0 Å². The van der Waals surface area contributed by atoms with Gasteiger partial charge in [0, 0.05) is 23.9 Å². The van der Waals surface area contributed by atoms with E-state index in [4.69, 9.17) is 0 Å². The van der Waals surface area contributed by atoms with Crippen LogP contribution in [0.2, 0.25) is 0 Å². The normalized spacial score (nSPS) is 11.1. The van der Waals surface area contributed by atoms with Crippen molar-refractivity contribution in [3.8, 4) is 0 Å². The summed E-state index contributed by atoms with van der Waals surface area (Å²) in [5, 5.41) is 2.75. The highest BCUT2D eigenvalue weighted by molar-refractivity contribution is 5.86. The maximum absolute atomic E-state index is 11.0. The van der Waals surface area contributed by atoms with Crippen molar-refractivity contribution in [2.24, 2.45) is 0 Å². The Bertz CT molecular complexity index is 421. The lowest BCUT2D eigenvalue weighted by Crippen LogP contribution is -2.22. The summed E-state index contributed by atoms with van der Waals surface area (Å²) in [4.78, 5) is 19.8. The van der Waals surface area contributed by atoms with Crippen LogP contribution in [0.5, 0.6) is 0 Å². The largest absolute Gasteiger partial charge is 0.353 e. The summed E-state index contributed by atoms with van der Waals surface area (Å²) in [6.07, 6.45) is 4.77. The predicted octanol–water partition coefficient (Wildman–Crippen LogP) is 2.01. The van der Waals surface area contributed by atoms with Crippen LogP contribution in [0.1, 0.15) is 38.7 Å². The molecule has 1 N–H and O–H groups in total. The first kappa shape index (κ1) is 14.4. The Labute approximate surface area is 109 Å². The Hall–Kier alpha value is -1.71. The second-order valence-electron chi connectivity index (χ2n) is 5.22. The second kappa shape index (κ2) is 6.28. The number of carbonyl (C=O) groups excluding carboxylic acids is 1. The van der Waals surface area contributed by atoms with Gasteiger partial charge in [0.25, 0.3) is 0 Å². The zero-order valence-electron chi connectivity index (χ0n) is 11.4. The van der Waals surface area contributed by atoms with Gasteiger partial charge in [-0.3, -0.25) is 4.79 Å². The van der Waals surface area contributed by atoms with Gasteiger partial charge in [-0.1, -0.05) is 27.4 Å². The molecule has 4 heteroatoms. The summed E-state index contributed by atoms with van der Waals surface area (Å²) >= 11 is 0. The van der Waals surface area contributed by atoms with Crippen LogP contribution in [0.25, 0.3) is 0 Å². The third-order valence-corrected chi connectivity index (χ3v) is 2.48. The highest BCUT2D eigenvalue weighted by Gasteiger charge is 2.17. The zero-order chi connectivity index (χ0) is 13.6. The predicted molar refractivity (Wildman–Crippen MR) is 72.3 cm³/mol. The van der Waals surface area contributed by atoms with E-state index in [0.717, 1.165) is 24.4 Å².